The molecule has 3 rings (SSSR count). The van der Waals surface area contributed by atoms with E-state index in [4.69, 9.17) is 11.6 Å². The van der Waals surface area contributed by atoms with Crippen LogP contribution in [0.5, 0.6) is 0 Å². The predicted octanol–water partition coefficient (Wildman–Crippen LogP) is 4.43. The summed E-state index contributed by atoms with van der Waals surface area (Å²) in [7, 11) is -3.92. The van der Waals surface area contributed by atoms with Gasteiger partial charge in [-0.3, -0.25) is 14.4 Å². The van der Waals surface area contributed by atoms with E-state index < -0.39 is 15.9 Å². The molecule has 0 fully saturated rings. The average molecular weight is 434 g/mol. The number of carbonyl (C=O) groups excluding carboxylic acids is 1. The van der Waals surface area contributed by atoms with Crippen LogP contribution < -0.4 is 9.62 Å². The number of anilines is 2. The maximum atomic E-state index is 13.2. The number of carbonyl (C=O) groups is 1. The number of nitrogens with one attached hydrogen (secondary N) is 1. The molecule has 9 heteroatoms. The summed E-state index contributed by atoms with van der Waals surface area (Å²) in [5.41, 5.74) is 0.660. The number of halogens is 1. The Bertz CT molecular complexity index is 1080. The van der Waals surface area contributed by atoms with Gasteiger partial charge in [0.25, 0.3) is 15.9 Å². The lowest BCUT2D eigenvalue weighted by atomic mass is 10.2. The highest BCUT2D eigenvalue weighted by molar-refractivity contribution is 7.92. The maximum Gasteiger partial charge on any atom is 0.264 e. The topological polar surface area (TPSA) is 79.4 Å². The third-order valence-corrected chi connectivity index (χ3v) is 6.48. The smallest absolute Gasteiger partial charge is 0.264 e. The van der Waals surface area contributed by atoms with Gasteiger partial charge < -0.3 is 0 Å². The lowest BCUT2D eigenvalue weighted by Gasteiger charge is -2.23. The molecule has 1 aromatic heterocycles. The number of aromatic nitrogens is 1. The summed E-state index contributed by atoms with van der Waals surface area (Å²) in [6.07, 6.45) is 3.06. The molecule has 0 aliphatic rings. The van der Waals surface area contributed by atoms with Gasteiger partial charge in [-0.05, 0) is 42.5 Å². The van der Waals surface area contributed by atoms with E-state index in [-0.39, 0.29) is 17.0 Å². The van der Waals surface area contributed by atoms with Crippen molar-refractivity contribution in [3.8, 4) is 0 Å². The van der Waals surface area contributed by atoms with Gasteiger partial charge in [0, 0.05) is 22.2 Å². The van der Waals surface area contributed by atoms with Gasteiger partial charge in [-0.1, -0.05) is 23.7 Å². The molecule has 2 aromatic carbocycles. The van der Waals surface area contributed by atoms with Crippen molar-refractivity contribution in [2.45, 2.75) is 4.90 Å². The Kier molecular flexibility index (Phi) is 6.13. The molecule has 1 amide bonds. The molecule has 0 aliphatic heterocycles. The van der Waals surface area contributed by atoms with Crippen molar-refractivity contribution in [2.75, 3.05) is 16.2 Å². The summed E-state index contributed by atoms with van der Waals surface area (Å²) in [6, 6.07) is 12.3. The number of rotatable bonds is 7. The van der Waals surface area contributed by atoms with Crippen LogP contribution >= 0.6 is 22.9 Å². The molecule has 1 heterocycles. The summed E-state index contributed by atoms with van der Waals surface area (Å²) < 4.78 is 27.6. The highest BCUT2D eigenvalue weighted by atomic mass is 35.5. The van der Waals surface area contributed by atoms with Gasteiger partial charge in [-0.15, -0.1) is 17.9 Å². The Morgan fingerprint density at radius 3 is 2.64 bits per heavy atom. The fourth-order valence-electron chi connectivity index (χ4n) is 2.45. The molecule has 0 atom stereocenters. The molecular formula is C19H16ClN3O3S2. The van der Waals surface area contributed by atoms with Gasteiger partial charge in [0.2, 0.25) is 0 Å². The Morgan fingerprint density at radius 2 is 2.00 bits per heavy atom. The zero-order valence-electron chi connectivity index (χ0n) is 14.6. The van der Waals surface area contributed by atoms with E-state index in [0.29, 0.717) is 15.8 Å². The molecule has 28 heavy (non-hydrogen) atoms. The lowest BCUT2D eigenvalue weighted by molar-refractivity contribution is 0.102. The summed E-state index contributed by atoms with van der Waals surface area (Å²) in [5.74, 6) is -0.436. The van der Waals surface area contributed by atoms with Crippen LogP contribution in [0.25, 0.3) is 0 Å². The molecule has 1 N–H and O–H groups in total. The van der Waals surface area contributed by atoms with Crippen molar-refractivity contribution in [3.05, 3.63) is 83.3 Å². The molecular weight excluding hydrogens is 418 g/mol. The van der Waals surface area contributed by atoms with E-state index in [2.05, 4.69) is 16.9 Å². The third kappa shape index (κ3) is 4.41. The van der Waals surface area contributed by atoms with E-state index >= 15 is 0 Å². The number of sulfonamides is 1. The monoisotopic (exact) mass is 433 g/mol. The van der Waals surface area contributed by atoms with E-state index in [0.717, 1.165) is 0 Å². The number of hydrogen-bond acceptors (Lipinski definition) is 5. The number of thiazole rings is 1. The van der Waals surface area contributed by atoms with Crippen molar-refractivity contribution in [1.29, 1.82) is 0 Å². The van der Waals surface area contributed by atoms with E-state index in [9.17, 15) is 13.2 Å². The second-order valence-electron chi connectivity index (χ2n) is 5.62. The Morgan fingerprint density at radius 1 is 1.25 bits per heavy atom. The Labute approximate surface area is 172 Å². The first-order chi connectivity index (χ1) is 13.4. The first-order valence-corrected chi connectivity index (χ1v) is 10.8. The molecule has 0 unspecified atom stereocenters. The molecule has 3 aromatic rings. The quantitative estimate of drug-likeness (QED) is 0.559. The standard InChI is InChI=1S/C19H16ClN3O3S2/c1-2-11-23(16-8-6-15(20)7-9-16)28(25,26)17-5-3-4-14(13-17)18(24)22-19-21-10-12-27-19/h2-10,12-13H,1,11H2,(H,21,22,24). The van der Waals surface area contributed by atoms with Crippen LogP contribution in [0.4, 0.5) is 10.8 Å². The number of nitrogens with zero attached hydrogens (tertiary/aromatic N) is 2. The Balaban J connectivity index is 1.94. The zero-order valence-corrected chi connectivity index (χ0v) is 17.0. The predicted molar refractivity (Wildman–Crippen MR) is 113 cm³/mol. The largest absolute Gasteiger partial charge is 0.298 e. The zero-order chi connectivity index (χ0) is 20.1. The summed E-state index contributed by atoms with van der Waals surface area (Å²) in [4.78, 5) is 16.4. The molecule has 0 aliphatic carbocycles. The minimum absolute atomic E-state index is 0.00362. The number of amides is 1. The van der Waals surface area contributed by atoms with Gasteiger partial charge in [-0.25, -0.2) is 13.4 Å². The fourth-order valence-corrected chi connectivity index (χ4v) is 4.58. The summed E-state index contributed by atoms with van der Waals surface area (Å²) in [6.45, 7) is 3.71. The normalized spacial score (nSPS) is 11.0. The molecule has 144 valence electrons. The summed E-state index contributed by atoms with van der Waals surface area (Å²) in [5, 5.41) is 5.31. The molecule has 6 nitrogen and oxygen atoms in total. The van der Waals surface area contributed by atoms with Crippen molar-refractivity contribution >= 4 is 49.7 Å². The van der Waals surface area contributed by atoms with E-state index in [1.165, 1.54) is 39.9 Å². The highest BCUT2D eigenvalue weighted by Gasteiger charge is 2.25. The van der Waals surface area contributed by atoms with E-state index in [1.807, 2.05) is 0 Å². The third-order valence-electron chi connectivity index (χ3n) is 3.75. The van der Waals surface area contributed by atoms with Crippen molar-refractivity contribution in [3.63, 3.8) is 0 Å². The second kappa shape index (κ2) is 8.55. The van der Waals surface area contributed by atoms with E-state index in [1.54, 1.807) is 41.9 Å². The number of hydrogen-bond donors (Lipinski definition) is 1. The second-order valence-corrected chi connectivity index (χ2v) is 8.81. The van der Waals surface area contributed by atoms with Crippen LogP contribution in [0.3, 0.4) is 0 Å². The first-order valence-electron chi connectivity index (χ1n) is 8.12. The molecule has 0 saturated heterocycles. The maximum absolute atomic E-state index is 13.2. The van der Waals surface area contributed by atoms with Crippen LogP contribution in [0.15, 0.2) is 77.7 Å². The van der Waals surface area contributed by atoms with Crippen molar-refractivity contribution in [2.24, 2.45) is 0 Å². The highest BCUT2D eigenvalue weighted by Crippen LogP contribution is 2.26. The van der Waals surface area contributed by atoms with Gasteiger partial charge in [0.05, 0.1) is 17.1 Å². The SMILES string of the molecule is C=CCN(c1ccc(Cl)cc1)S(=O)(=O)c1cccc(C(=O)Nc2nccs2)c1. The molecule has 0 saturated carbocycles. The minimum atomic E-state index is -3.92. The van der Waals surface area contributed by atoms with Crippen LogP contribution in [0, 0.1) is 0 Å². The Hall–Kier alpha value is -2.68. The molecule has 0 spiro atoms. The van der Waals surface area contributed by atoms with Crippen molar-refractivity contribution < 1.29 is 13.2 Å². The summed E-state index contributed by atoms with van der Waals surface area (Å²) >= 11 is 7.18. The van der Waals surface area contributed by atoms with Crippen LogP contribution in [0.1, 0.15) is 10.4 Å². The number of benzene rings is 2. The molecule has 0 bridgehead atoms. The van der Waals surface area contributed by atoms with Gasteiger partial charge in [-0.2, -0.15) is 0 Å². The lowest BCUT2D eigenvalue weighted by Crippen LogP contribution is -2.31. The average Bonchev–Trinajstić information content (AvgIpc) is 3.20. The first kappa shape index (κ1) is 20.1. The van der Waals surface area contributed by atoms with Gasteiger partial charge >= 0.3 is 0 Å². The van der Waals surface area contributed by atoms with Crippen LogP contribution in [-0.2, 0) is 10.0 Å². The van der Waals surface area contributed by atoms with Crippen molar-refractivity contribution in [1.82, 2.24) is 4.98 Å². The van der Waals surface area contributed by atoms with Gasteiger partial charge in [0.1, 0.15) is 0 Å². The van der Waals surface area contributed by atoms with Crippen LogP contribution in [-0.4, -0.2) is 25.9 Å². The fraction of sp³-hybridized carbons (Fsp3) is 0.0526. The molecule has 0 radical (unpaired) electrons. The van der Waals surface area contributed by atoms with Crippen LogP contribution in [0.2, 0.25) is 5.02 Å². The minimum Gasteiger partial charge on any atom is -0.298 e. The van der Waals surface area contributed by atoms with Gasteiger partial charge in [0.15, 0.2) is 5.13 Å².